The largest absolute Gasteiger partial charge is 0.481 e. The van der Waals surface area contributed by atoms with E-state index in [9.17, 15) is 4.79 Å². The fourth-order valence-corrected chi connectivity index (χ4v) is 3.76. The molecule has 0 aliphatic heterocycles. The third-order valence-corrected chi connectivity index (χ3v) is 6.11. The van der Waals surface area contributed by atoms with Crippen LogP contribution >= 0.6 is 0 Å². The molecule has 0 saturated carbocycles. The Morgan fingerprint density at radius 2 is 1.03 bits per heavy atom. The molecule has 1 atom stereocenters. The first-order valence-electron chi connectivity index (χ1n) is 13.2. The van der Waals surface area contributed by atoms with Gasteiger partial charge in [0.1, 0.15) is 0 Å². The molecule has 0 spiro atoms. The Labute approximate surface area is 188 Å². The number of hydrogen-bond acceptors (Lipinski definition) is 1. The van der Waals surface area contributed by atoms with Crippen molar-refractivity contribution in [1.82, 2.24) is 0 Å². The Hall–Kier alpha value is -1.05. The van der Waals surface area contributed by atoms with Gasteiger partial charge in [-0.3, -0.25) is 4.79 Å². The molecule has 1 unspecified atom stereocenters. The van der Waals surface area contributed by atoms with Crippen LogP contribution in [0, 0.1) is 5.92 Å². The predicted octanol–water partition coefficient (Wildman–Crippen LogP) is 9.64. The fourth-order valence-electron chi connectivity index (χ4n) is 3.76. The van der Waals surface area contributed by atoms with Crippen molar-refractivity contribution in [3.05, 3.63) is 24.3 Å². The van der Waals surface area contributed by atoms with Crippen molar-refractivity contribution >= 4 is 5.97 Å². The minimum Gasteiger partial charge on any atom is -0.481 e. The third-order valence-electron chi connectivity index (χ3n) is 6.11. The molecule has 0 aliphatic carbocycles. The number of carboxylic acids is 1. The molecule has 0 aliphatic rings. The van der Waals surface area contributed by atoms with Gasteiger partial charge in [0.25, 0.3) is 0 Å². The van der Waals surface area contributed by atoms with Crippen LogP contribution < -0.4 is 0 Å². The van der Waals surface area contributed by atoms with Crippen molar-refractivity contribution in [1.29, 1.82) is 0 Å². The molecule has 0 aromatic heterocycles. The summed E-state index contributed by atoms with van der Waals surface area (Å²) in [4.78, 5) is 10.4. The van der Waals surface area contributed by atoms with Gasteiger partial charge in [0.05, 0.1) is 0 Å². The van der Waals surface area contributed by atoms with Crippen LogP contribution in [-0.4, -0.2) is 11.1 Å². The van der Waals surface area contributed by atoms with E-state index >= 15 is 0 Å². The van der Waals surface area contributed by atoms with Crippen molar-refractivity contribution in [3.8, 4) is 0 Å². The lowest BCUT2D eigenvalue weighted by Gasteiger charge is -2.07. The highest BCUT2D eigenvalue weighted by atomic mass is 16.4. The molecule has 0 heterocycles. The predicted molar refractivity (Wildman–Crippen MR) is 133 cm³/mol. The van der Waals surface area contributed by atoms with Gasteiger partial charge in [-0.1, -0.05) is 122 Å². The minimum absolute atomic E-state index is 0.281. The standard InChI is InChI=1S/C28H52O2/c1-3-27(2)25-23-21-19-17-15-13-11-9-7-5-4-6-8-10-12-14-16-18-20-22-24-26-28(29)30/h10,12,18,20,27H,3-9,11,13-17,19,21-26H2,1-2H3,(H,29,30)/b12-10-,20-18-. The zero-order valence-electron chi connectivity index (χ0n) is 20.4. The second kappa shape index (κ2) is 24.2. The summed E-state index contributed by atoms with van der Waals surface area (Å²) in [6.45, 7) is 4.69. The lowest BCUT2D eigenvalue weighted by atomic mass is 9.99. The summed E-state index contributed by atoms with van der Waals surface area (Å²) in [6, 6.07) is 0. The monoisotopic (exact) mass is 420 g/mol. The normalized spacial score (nSPS) is 12.9. The lowest BCUT2D eigenvalue weighted by molar-refractivity contribution is -0.137. The van der Waals surface area contributed by atoms with E-state index in [2.05, 4.69) is 38.2 Å². The van der Waals surface area contributed by atoms with E-state index in [1.807, 2.05) is 0 Å². The number of allylic oxidation sites excluding steroid dienone is 4. The average Bonchev–Trinajstić information content (AvgIpc) is 2.73. The summed E-state index contributed by atoms with van der Waals surface area (Å²) in [5.41, 5.74) is 0. The van der Waals surface area contributed by atoms with Gasteiger partial charge in [-0.15, -0.1) is 0 Å². The summed E-state index contributed by atoms with van der Waals surface area (Å²) >= 11 is 0. The Kier molecular flexibility index (Phi) is 23.4. The van der Waals surface area contributed by atoms with Crippen LogP contribution in [0.5, 0.6) is 0 Å². The topological polar surface area (TPSA) is 37.3 Å². The van der Waals surface area contributed by atoms with E-state index in [-0.39, 0.29) is 6.42 Å². The van der Waals surface area contributed by atoms with Gasteiger partial charge in [0, 0.05) is 6.42 Å². The highest BCUT2D eigenvalue weighted by molar-refractivity contribution is 5.66. The van der Waals surface area contributed by atoms with Gasteiger partial charge in [0.15, 0.2) is 0 Å². The van der Waals surface area contributed by atoms with E-state index in [4.69, 9.17) is 5.11 Å². The lowest BCUT2D eigenvalue weighted by Crippen LogP contribution is -1.92. The first-order valence-corrected chi connectivity index (χ1v) is 13.2. The second-order valence-electron chi connectivity index (χ2n) is 9.14. The second-order valence-corrected chi connectivity index (χ2v) is 9.14. The number of aliphatic carboxylic acids is 1. The Morgan fingerprint density at radius 3 is 1.50 bits per heavy atom. The average molecular weight is 421 g/mol. The molecule has 0 saturated heterocycles. The first-order chi connectivity index (χ1) is 14.7. The Morgan fingerprint density at radius 1 is 0.633 bits per heavy atom. The summed E-state index contributed by atoms with van der Waals surface area (Å²) in [5, 5.41) is 8.56. The molecule has 30 heavy (non-hydrogen) atoms. The molecule has 2 heteroatoms. The molecule has 0 radical (unpaired) electrons. The van der Waals surface area contributed by atoms with Crippen LogP contribution in [-0.2, 0) is 4.79 Å². The highest BCUT2D eigenvalue weighted by Gasteiger charge is 1.98. The van der Waals surface area contributed by atoms with Crippen LogP contribution in [0.1, 0.15) is 142 Å². The SMILES string of the molecule is CCC(C)CCCCCCCCCCCCCC/C=C\CC/C=C\CCCC(=O)O. The summed E-state index contributed by atoms with van der Waals surface area (Å²) in [6.07, 6.45) is 34.1. The van der Waals surface area contributed by atoms with Gasteiger partial charge in [-0.25, -0.2) is 0 Å². The maximum atomic E-state index is 10.4. The minimum atomic E-state index is -0.695. The maximum absolute atomic E-state index is 10.4. The summed E-state index contributed by atoms with van der Waals surface area (Å²) in [5.74, 6) is 0.234. The van der Waals surface area contributed by atoms with Gasteiger partial charge in [-0.2, -0.15) is 0 Å². The van der Waals surface area contributed by atoms with Gasteiger partial charge in [-0.05, 0) is 44.4 Å². The van der Waals surface area contributed by atoms with Crippen LogP contribution in [0.2, 0.25) is 0 Å². The third kappa shape index (κ3) is 25.0. The smallest absolute Gasteiger partial charge is 0.303 e. The van der Waals surface area contributed by atoms with Crippen molar-refractivity contribution in [2.75, 3.05) is 0 Å². The number of hydrogen-bond donors (Lipinski definition) is 1. The Balaban J connectivity index is 3.16. The molecule has 0 amide bonds. The number of unbranched alkanes of at least 4 members (excludes halogenated alkanes) is 14. The zero-order chi connectivity index (χ0) is 22.1. The van der Waals surface area contributed by atoms with Crippen molar-refractivity contribution in [2.45, 2.75) is 142 Å². The van der Waals surface area contributed by atoms with Crippen LogP contribution in [0.25, 0.3) is 0 Å². The highest BCUT2D eigenvalue weighted by Crippen LogP contribution is 2.15. The van der Waals surface area contributed by atoms with E-state index in [1.165, 1.54) is 96.3 Å². The van der Waals surface area contributed by atoms with Gasteiger partial charge < -0.3 is 5.11 Å². The van der Waals surface area contributed by atoms with Crippen molar-refractivity contribution in [2.24, 2.45) is 5.92 Å². The first kappa shape index (κ1) is 28.9. The molecule has 2 nitrogen and oxygen atoms in total. The quantitative estimate of drug-likeness (QED) is 0.132. The molecular weight excluding hydrogens is 368 g/mol. The molecule has 0 fully saturated rings. The number of carbonyl (C=O) groups is 1. The Bertz CT molecular complexity index is 411. The molecule has 0 rings (SSSR count). The van der Waals surface area contributed by atoms with E-state index in [0.29, 0.717) is 0 Å². The molecule has 1 N–H and O–H groups in total. The molecule has 0 aromatic carbocycles. The van der Waals surface area contributed by atoms with E-state index < -0.39 is 5.97 Å². The van der Waals surface area contributed by atoms with Crippen molar-refractivity contribution < 1.29 is 9.90 Å². The zero-order valence-corrected chi connectivity index (χ0v) is 20.4. The maximum Gasteiger partial charge on any atom is 0.303 e. The van der Waals surface area contributed by atoms with E-state index in [0.717, 1.165) is 31.6 Å². The van der Waals surface area contributed by atoms with E-state index in [1.54, 1.807) is 0 Å². The molecule has 176 valence electrons. The molecular formula is C28H52O2. The van der Waals surface area contributed by atoms with Gasteiger partial charge >= 0.3 is 5.97 Å². The van der Waals surface area contributed by atoms with Crippen LogP contribution in [0.15, 0.2) is 24.3 Å². The number of carboxylic acid groups (broad SMARTS) is 1. The van der Waals surface area contributed by atoms with Crippen LogP contribution in [0.3, 0.4) is 0 Å². The molecule has 0 aromatic rings. The summed E-state index contributed by atoms with van der Waals surface area (Å²) < 4.78 is 0. The fraction of sp³-hybridized carbons (Fsp3) is 0.821. The number of rotatable bonds is 23. The van der Waals surface area contributed by atoms with Crippen LogP contribution in [0.4, 0.5) is 0 Å². The summed E-state index contributed by atoms with van der Waals surface area (Å²) in [7, 11) is 0. The molecule has 0 bridgehead atoms. The van der Waals surface area contributed by atoms with Crippen molar-refractivity contribution in [3.63, 3.8) is 0 Å². The van der Waals surface area contributed by atoms with Gasteiger partial charge in [0.2, 0.25) is 0 Å².